The summed E-state index contributed by atoms with van der Waals surface area (Å²) in [6, 6.07) is 0. The fourth-order valence-corrected chi connectivity index (χ4v) is 2.42. The van der Waals surface area contributed by atoms with E-state index in [1.165, 1.54) is 0 Å². The summed E-state index contributed by atoms with van der Waals surface area (Å²) in [7, 11) is -5.32. The summed E-state index contributed by atoms with van der Waals surface area (Å²) in [4.78, 5) is 53.9. The molecule has 0 amide bonds. The molecule has 0 saturated carbocycles. The fraction of sp³-hybridized carbons (Fsp3) is 0.500. The van der Waals surface area contributed by atoms with Gasteiger partial charge in [0.25, 0.3) is 0 Å². The van der Waals surface area contributed by atoms with Crippen LogP contribution in [0.3, 0.4) is 0 Å². The second-order valence-corrected chi connectivity index (χ2v) is 6.18. The molecule has 0 saturated heterocycles. The summed E-state index contributed by atoms with van der Waals surface area (Å²) in [6.45, 7) is 0. The van der Waals surface area contributed by atoms with Crippen LogP contribution >= 0.6 is 0 Å². The lowest BCUT2D eigenvalue weighted by atomic mass is 9.96. The Balaban J connectivity index is 5.32. The van der Waals surface area contributed by atoms with Crippen molar-refractivity contribution in [2.24, 2.45) is 0 Å². The maximum absolute atomic E-state index is 11.6. The largest absolute Gasteiger partial charge is 0.481 e. The van der Waals surface area contributed by atoms with Gasteiger partial charge in [-0.3, -0.25) is 19.2 Å². The Morgan fingerprint density at radius 1 is 0.917 bits per heavy atom. The number of hydrogen-bond donors (Lipinski definition) is 5. The van der Waals surface area contributed by atoms with E-state index in [4.69, 9.17) is 20.4 Å². The van der Waals surface area contributed by atoms with Crippen LogP contribution in [0.15, 0.2) is 0 Å². The summed E-state index contributed by atoms with van der Waals surface area (Å²) in [5.41, 5.74) is -3.20. The van der Waals surface area contributed by atoms with Crippen molar-refractivity contribution < 1.29 is 62.1 Å². The first kappa shape index (κ1) is 21.3. The number of carbonyl (C=O) groups excluding carboxylic acids is 1. The van der Waals surface area contributed by atoms with Crippen molar-refractivity contribution in [2.45, 2.75) is 30.1 Å². The van der Waals surface area contributed by atoms with E-state index < -0.39 is 70.1 Å². The van der Waals surface area contributed by atoms with Crippen LogP contribution in [0.4, 0.5) is 0 Å². The highest BCUT2D eigenvalue weighted by atomic mass is 32.2. The molecule has 136 valence electrons. The monoisotopic (exact) mass is 372 g/mol. The van der Waals surface area contributed by atoms with E-state index in [0.717, 1.165) is 0 Å². The van der Waals surface area contributed by atoms with Crippen LogP contribution in [-0.4, -0.2) is 74.6 Å². The maximum Gasteiger partial charge on any atom is 0.336 e. The van der Waals surface area contributed by atoms with Crippen molar-refractivity contribution in [1.82, 2.24) is 0 Å². The van der Waals surface area contributed by atoms with E-state index in [-0.39, 0.29) is 0 Å². The van der Waals surface area contributed by atoms with Crippen LogP contribution in [0.25, 0.3) is 0 Å². The van der Waals surface area contributed by atoms with E-state index in [1.54, 1.807) is 0 Å². The molecule has 0 heterocycles. The Kier molecular flexibility index (Phi) is 6.81. The topological polar surface area (TPSA) is 230 Å². The molecule has 0 radical (unpaired) electrons. The number of aliphatic carboxylic acids is 4. The molecule has 14 heteroatoms. The van der Waals surface area contributed by atoms with E-state index in [9.17, 15) is 37.5 Å². The van der Waals surface area contributed by atoms with Gasteiger partial charge in [-0.15, -0.1) is 0 Å². The SMILES string of the molecule is O=C(O)CC(C(=O)O)S(=O)(=O)OC(=O)CC(O)(CC(=O)O)C(=O)O. The Morgan fingerprint density at radius 3 is 1.75 bits per heavy atom. The summed E-state index contributed by atoms with van der Waals surface area (Å²) < 4.78 is 26.9. The second-order valence-electron chi connectivity index (χ2n) is 4.46. The van der Waals surface area contributed by atoms with Crippen LogP contribution in [0.5, 0.6) is 0 Å². The van der Waals surface area contributed by atoms with Gasteiger partial charge < -0.3 is 29.7 Å². The minimum atomic E-state index is -5.32. The molecule has 24 heavy (non-hydrogen) atoms. The highest BCUT2D eigenvalue weighted by Crippen LogP contribution is 2.19. The van der Waals surface area contributed by atoms with Gasteiger partial charge >= 0.3 is 40.0 Å². The first-order valence-corrected chi connectivity index (χ1v) is 7.26. The van der Waals surface area contributed by atoms with Crippen LogP contribution in [0.1, 0.15) is 19.3 Å². The van der Waals surface area contributed by atoms with Crippen LogP contribution in [-0.2, 0) is 38.3 Å². The zero-order valence-corrected chi connectivity index (χ0v) is 12.4. The van der Waals surface area contributed by atoms with Gasteiger partial charge in [-0.05, 0) is 0 Å². The maximum atomic E-state index is 11.6. The predicted molar refractivity (Wildman–Crippen MR) is 68.1 cm³/mol. The van der Waals surface area contributed by atoms with Crippen molar-refractivity contribution in [1.29, 1.82) is 0 Å². The molecule has 0 aliphatic carbocycles. The van der Waals surface area contributed by atoms with Gasteiger partial charge in [0.15, 0.2) is 5.60 Å². The van der Waals surface area contributed by atoms with E-state index in [2.05, 4.69) is 4.18 Å². The average molecular weight is 372 g/mol. The average Bonchev–Trinajstić information content (AvgIpc) is 2.32. The lowest BCUT2D eigenvalue weighted by Gasteiger charge is -2.20. The van der Waals surface area contributed by atoms with Gasteiger partial charge in [-0.2, -0.15) is 8.42 Å². The van der Waals surface area contributed by atoms with Gasteiger partial charge in [0, 0.05) is 0 Å². The Bertz CT molecular complexity index is 662. The summed E-state index contributed by atoms with van der Waals surface area (Å²) in [6.07, 6.45) is -4.56. The standard InChI is InChI=1S/C10H12O13S/c11-5(12)1-4(8(16)17)24(21,22)23-7(15)3-10(20,9(18)19)2-6(13)14/h4,20H,1-3H2,(H,11,12)(H,13,14)(H,16,17)(H,18,19). The Labute approximate surface area is 133 Å². The van der Waals surface area contributed by atoms with E-state index in [1.807, 2.05) is 0 Å². The van der Waals surface area contributed by atoms with Crippen molar-refractivity contribution in [3.63, 3.8) is 0 Å². The number of hydrogen-bond acceptors (Lipinski definition) is 9. The van der Waals surface area contributed by atoms with Crippen molar-refractivity contribution in [3.8, 4) is 0 Å². The van der Waals surface area contributed by atoms with Gasteiger partial charge in [0.1, 0.15) is 0 Å². The summed E-state index contributed by atoms with van der Waals surface area (Å²) in [5.74, 6) is -9.96. The molecule has 0 spiro atoms. The summed E-state index contributed by atoms with van der Waals surface area (Å²) >= 11 is 0. The number of carbonyl (C=O) groups is 5. The first-order chi connectivity index (χ1) is 10.7. The highest BCUT2D eigenvalue weighted by molar-refractivity contribution is 7.88. The van der Waals surface area contributed by atoms with E-state index >= 15 is 0 Å². The third-order valence-electron chi connectivity index (χ3n) is 2.47. The highest BCUT2D eigenvalue weighted by Gasteiger charge is 2.44. The molecular formula is C10H12O13S. The predicted octanol–water partition coefficient (Wildman–Crippen LogP) is -2.53. The Morgan fingerprint density at radius 2 is 1.42 bits per heavy atom. The minimum Gasteiger partial charge on any atom is -0.481 e. The molecule has 5 N–H and O–H groups in total. The molecule has 0 aromatic carbocycles. The van der Waals surface area contributed by atoms with Gasteiger partial charge in [-0.25, -0.2) is 4.79 Å². The van der Waals surface area contributed by atoms with Crippen molar-refractivity contribution in [2.75, 3.05) is 0 Å². The second kappa shape index (κ2) is 7.69. The lowest BCUT2D eigenvalue weighted by Crippen LogP contribution is -2.44. The number of carboxylic acid groups (broad SMARTS) is 4. The molecule has 0 rings (SSSR count). The van der Waals surface area contributed by atoms with Gasteiger partial charge in [0.05, 0.1) is 19.3 Å². The van der Waals surface area contributed by atoms with Crippen LogP contribution in [0, 0.1) is 0 Å². The van der Waals surface area contributed by atoms with Crippen molar-refractivity contribution in [3.05, 3.63) is 0 Å². The molecule has 13 nitrogen and oxygen atoms in total. The molecule has 2 unspecified atom stereocenters. The summed E-state index contributed by atoms with van der Waals surface area (Å²) in [5, 5.41) is 41.1. The quantitative estimate of drug-likeness (QED) is 0.249. The van der Waals surface area contributed by atoms with Gasteiger partial charge in [0.2, 0.25) is 5.25 Å². The zero-order chi connectivity index (χ0) is 19.3. The smallest absolute Gasteiger partial charge is 0.336 e. The van der Waals surface area contributed by atoms with Crippen molar-refractivity contribution >= 4 is 40.0 Å². The fourth-order valence-electron chi connectivity index (χ4n) is 1.39. The lowest BCUT2D eigenvalue weighted by molar-refractivity contribution is -0.169. The molecule has 0 aliphatic heterocycles. The number of carboxylic acids is 4. The number of aliphatic hydroxyl groups is 1. The molecule has 0 aliphatic rings. The first-order valence-electron chi connectivity index (χ1n) is 5.79. The Hall–Kier alpha value is -2.74. The van der Waals surface area contributed by atoms with Crippen LogP contribution in [0.2, 0.25) is 0 Å². The third-order valence-corrected chi connectivity index (χ3v) is 3.95. The van der Waals surface area contributed by atoms with Crippen LogP contribution < -0.4 is 0 Å². The third kappa shape index (κ3) is 6.17. The van der Waals surface area contributed by atoms with Gasteiger partial charge in [-0.1, -0.05) is 0 Å². The minimum absolute atomic E-state index is 1.46. The molecule has 0 aromatic heterocycles. The molecule has 0 bridgehead atoms. The molecule has 0 aromatic rings. The zero-order valence-electron chi connectivity index (χ0n) is 11.6. The molecule has 0 fully saturated rings. The normalized spacial score (nSPS) is 14.9. The van der Waals surface area contributed by atoms with E-state index in [0.29, 0.717) is 0 Å². The molecular weight excluding hydrogens is 360 g/mol. The number of rotatable bonds is 10. The molecule has 2 atom stereocenters.